The van der Waals surface area contributed by atoms with Gasteiger partial charge in [-0.25, -0.2) is 18.0 Å². The molecule has 302 valence electrons. The molecule has 1 aromatic heterocycles. The third kappa shape index (κ3) is 12.6. The van der Waals surface area contributed by atoms with Crippen molar-refractivity contribution in [2.45, 2.75) is 32.0 Å². The van der Waals surface area contributed by atoms with Gasteiger partial charge in [0.15, 0.2) is 30.5 Å². The van der Waals surface area contributed by atoms with Crippen LogP contribution in [0.2, 0.25) is 10.0 Å². The number of methoxy groups -OCH3 is 1. The highest BCUT2D eigenvalue weighted by Gasteiger charge is 2.28. The Bertz CT molecular complexity index is 1900. The molecule has 0 radical (unpaired) electrons. The lowest BCUT2D eigenvalue weighted by Gasteiger charge is -2.30. The Morgan fingerprint density at radius 2 is 1.73 bits per heavy atom. The predicted octanol–water partition coefficient (Wildman–Crippen LogP) is 5.23. The fourth-order valence-corrected chi connectivity index (χ4v) is 7.11. The van der Waals surface area contributed by atoms with Crippen LogP contribution in [0, 0.1) is 11.1 Å². The van der Waals surface area contributed by atoms with Crippen molar-refractivity contribution in [3.63, 3.8) is 0 Å². The van der Waals surface area contributed by atoms with Gasteiger partial charge in [-0.05, 0) is 54.7 Å². The lowest BCUT2D eigenvalue weighted by atomic mass is 10.0. The molecule has 2 fully saturated rings. The minimum Gasteiger partial charge on any atom is -0.619 e. The minimum absolute atomic E-state index is 0. The summed E-state index contributed by atoms with van der Waals surface area (Å²) in [5.41, 5.74) is 0.533. The highest BCUT2D eigenvalue weighted by Crippen LogP contribution is 2.38. The summed E-state index contributed by atoms with van der Waals surface area (Å²) in [6.07, 6.45) is 3.64. The zero-order valence-corrected chi connectivity index (χ0v) is 32.9. The summed E-state index contributed by atoms with van der Waals surface area (Å²) in [5.74, 6) is -1.77. The average Bonchev–Trinajstić information content (AvgIpc) is 3.95. The molecule has 1 saturated carbocycles. The van der Waals surface area contributed by atoms with Crippen molar-refractivity contribution in [2.75, 3.05) is 70.3 Å². The van der Waals surface area contributed by atoms with Crippen LogP contribution < -0.4 is 23.2 Å². The van der Waals surface area contributed by atoms with Gasteiger partial charge in [-0.2, -0.15) is 13.5 Å². The highest BCUT2D eigenvalue weighted by atomic mass is 35.5. The Hall–Kier alpha value is -3.87. The molecular formula is C35H40Cl3F2N3O11S. The fraction of sp³-hybridized carbons (Fsp3) is 0.457. The van der Waals surface area contributed by atoms with Crippen LogP contribution in [0.3, 0.4) is 0 Å². The van der Waals surface area contributed by atoms with E-state index in [9.17, 15) is 32.0 Å². The normalized spacial score (nSPS) is 15.1. The number of halogens is 5. The number of esters is 2. The van der Waals surface area contributed by atoms with Gasteiger partial charge in [0.1, 0.15) is 21.9 Å². The number of carbonyl (C=O) groups excluding carboxylic acids is 2. The van der Waals surface area contributed by atoms with Gasteiger partial charge in [0, 0.05) is 38.2 Å². The monoisotopic (exact) mass is 853 g/mol. The van der Waals surface area contributed by atoms with Crippen LogP contribution in [0.15, 0.2) is 48.8 Å². The molecule has 3 aromatic rings. The molecule has 0 spiro atoms. The Labute approximate surface area is 333 Å². The van der Waals surface area contributed by atoms with Crippen molar-refractivity contribution in [3.8, 4) is 17.2 Å². The molecule has 1 saturated heterocycles. The summed E-state index contributed by atoms with van der Waals surface area (Å²) >= 11 is 12.6. The number of sulfonamides is 1. The number of benzene rings is 2. The van der Waals surface area contributed by atoms with Crippen LogP contribution >= 0.6 is 35.6 Å². The Balaban J connectivity index is 0.00000673. The van der Waals surface area contributed by atoms with E-state index in [0.717, 1.165) is 35.8 Å². The van der Waals surface area contributed by atoms with E-state index in [1.807, 2.05) is 0 Å². The number of pyridine rings is 1. The predicted molar refractivity (Wildman–Crippen MR) is 199 cm³/mol. The summed E-state index contributed by atoms with van der Waals surface area (Å²) in [7, 11) is -2.47. The van der Waals surface area contributed by atoms with Gasteiger partial charge in [0.2, 0.25) is 10.0 Å². The molecule has 2 heterocycles. The van der Waals surface area contributed by atoms with Gasteiger partial charge in [-0.15, -0.1) is 12.4 Å². The second kappa shape index (κ2) is 19.8. The maximum absolute atomic E-state index is 13.2. The molecule has 0 bridgehead atoms. The number of carbonyl (C=O) groups is 2. The van der Waals surface area contributed by atoms with Crippen molar-refractivity contribution in [2.24, 2.45) is 5.92 Å². The van der Waals surface area contributed by atoms with Gasteiger partial charge in [-0.3, -0.25) is 9.21 Å². The molecule has 20 heteroatoms. The first kappa shape index (κ1) is 43.9. The van der Waals surface area contributed by atoms with Crippen LogP contribution in [0.25, 0.3) is 0 Å². The summed E-state index contributed by atoms with van der Waals surface area (Å²) in [5, 5.41) is 11.8. The van der Waals surface area contributed by atoms with Crippen molar-refractivity contribution >= 4 is 63.3 Å². The Morgan fingerprint density at radius 1 is 1.05 bits per heavy atom. The third-order valence-electron chi connectivity index (χ3n) is 8.58. The van der Waals surface area contributed by atoms with E-state index < -0.39 is 41.3 Å². The zero-order chi connectivity index (χ0) is 39.0. The summed E-state index contributed by atoms with van der Waals surface area (Å²) in [4.78, 5) is 28.5. The largest absolute Gasteiger partial charge is 0.619 e. The van der Waals surface area contributed by atoms with Crippen molar-refractivity contribution < 1.29 is 59.9 Å². The molecule has 2 aromatic carbocycles. The van der Waals surface area contributed by atoms with Crippen LogP contribution in [0.4, 0.5) is 14.5 Å². The summed E-state index contributed by atoms with van der Waals surface area (Å²) < 4.78 is 85.9. The number of ether oxygens (including phenoxy) is 6. The van der Waals surface area contributed by atoms with Crippen LogP contribution in [-0.4, -0.2) is 97.8 Å². The molecule has 55 heavy (non-hydrogen) atoms. The van der Waals surface area contributed by atoms with Gasteiger partial charge in [-0.1, -0.05) is 29.3 Å². The van der Waals surface area contributed by atoms with Gasteiger partial charge < -0.3 is 33.6 Å². The molecular weight excluding hydrogens is 815 g/mol. The first-order valence-electron chi connectivity index (χ1n) is 16.8. The summed E-state index contributed by atoms with van der Waals surface area (Å²) in [6, 6.07) is 8.07. The van der Waals surface area contributed by atoms with E-state index in [0.29, 0.717) is 37.6 Å². The summed E-state index contributed by atoms with van der Waals surface area (Å²) in [6.45, 7) is -0.962. The molecule has 0 unspecified atom stereocenters. The van der Waals surface area contributed by atoms with Crippen LogP contribution in [0.5, 0.6) is 17.2 Å². The van der Waals surface area contributed by atoms with Crippen molar-refractivity contribution in [1.29, 1.82) is 0 Å². The second-order valence-corrected chi connectivity index (χ2v) is 15.3. The van der Waals surface area contributed by atoms with E-state index in [4.69, 9.17) is 46.9 Å². The number of anilines is 1. The third-order valence-corrected chi connectivity index (χ3v) is 10.4. The number of aromatic nitrogens is 1. The molecule has 0 N–H and O–H groups in total. The number of nitrogens with zero attached hydrogens (tertiary/aromatic N) is 3. The average molecular weight is 855 g/mol. The molecule has 14 nitrogen and oxygen atoms in total. The van der Waals surface area contributed by atoms with Crippen LogP contribution in [0.1, 0.15) is 40.4 Å². The fourth-order valence-electron chi connectivity index (χ4n) is 5.60. The van der Waals surface area contributed by atoms with Gasteiger partial charge >= 0.3 is 18.6 Å². The first-order valence-corrected chi connectivity index (χ1v) is 19.4. The molecule has 2 aliphatic rings. The number of hydrogen-bond acceptors (Lipinski definition) is 12. The first-order chi connectivity index (χ1) is 25.7. The maximum atomic E-state index is 13.2. The lowest BCUT2D eigenvalue weighted by molar-refractivity contribution is -0.605. The van der Waals surface area contributed by atoms with E-state index in [2.05, 4.69) is 9.64 Å². The quantitative estimate of drug-likeness (QED) is 0.0935. The lowest BCUT2D eigenvalue weighted by Crippen LogP contribution is -2.43. The molecule has 1 atom stereocenters. The minimum atomic E-state index is -3.83. The molecule has 5 rings (SSSR count). The number of hydrogen-bond donors (Lipinski definition) is 0. The van der Waals surface area contributed by atoms with Gasteiger partial charge in [0.25, 0.3) is 0 Å². The van der Waals surface area contributed by atoms with Crippen molar-refractivity contribution in [3.05, 3.63) is 80.7 Å². The van der Waals surface area contributed by atoms with Crippen molar-refractivity contribution in [1.82, 2.24) is 4.90 Å². The number of alkyl halides is 2. The standard InChI is InChI=1S/C35H39Cl2F2N3O11S.ClH/c1-48-29-7-6-24(15-28(29)42(54(2,46)47)10-9-40-11-13-49-14-12-40)34(44)51-21-33(43)52-31(17-25-26(36)18-41(45)19-27(25)37)23-5-8-30(53-35(38)39)32(16-23)50-20-22-3-4-22;/h5-8,15-16,18-19,22,31,35H,3-4,9-14,17,20-21H2,1-2H3;1H/t31-;/m0./s1. The van der Waals surface area contributed by atoms with E-state index in [1.165, 1.54) is 43.5 Å². The zero-order valence-electron chi connectivity index (χ0n) is 29.8. The maximum Gasteiger partial charge on any atom is 0.387 e. The van der Waals surface area contributed by atoms with E-state index in [1.54, 1.807) is 0 Å². The molecule has 0 amide bonds. The Kier molecular flexibility index (Phi) is 15.8. The van der Waals surface area contributed by atoms with Crippen LogP contribution in [-0.2, 0) is 35.4 Å². The SMILES string of the molecule is COc1ccc(C(=O)OCC(=O)O[C@@H](Cc2c(Cl)c[n+]([O-])cc2Cl)c2ccc(OC(F)F)c(OCC3CC3)c2)cc1N(CCN1CCOCC1)S(C)(=O)=O.Cl. The topological polar surface area (TPSA) is 157 Å². The molecule has 1 aliphatic carbocycles. The second-order valence-electron chi connectivity index (χ2n) is 12.6. The van der Waals surface area contributed by atoms with Gasteiger partial charge in [0.05, 0.1) is 44.4 Å². The number of morpholine rings is 1. The number of rotatable bonds is 18. The molecule has 1 aliphatic heterocycles. The smallest absolute Gasteiger partial charge is 0.387 e. The highest BCUT2D eigenvalue weighted by molar-refractivity contribution is 7.92. The van der Waals surface area contributed by atoms with E-state index >= 15 is 0 Å². The Morgan fingerprint density at radius 3 is 2.35 bits per heavy atom. The van der Waals surface area contributed by atoms with E-state index in [-0.39, 0.29) is 87.6 Å².